The van der Waals surface area contributed by atoms with Crippen molar-refractivity contribution in [3.8, 4) is 0 Å². The summed E-state index contributed by atoms with van der Waals surface area (Å²) in [5, 5.41) is 0.219. The first kappa shape index (κ1) is 18.2. The average Bonchev–Trinajstić information content (AvgIpc) is 2.10. The van der Waals surface area contributed by atoms with Crippen LogP contribution in [0.15, 0.2) is 4.40 Å². The van der Waals surface area contributed by atoms with E-state index in [9.17, 15) is 4.55 Å². The fraction of sp³-hybridized carbons (Fsp3) is 0.933. The Morgan fingerprint density at radius 1 is 1.15 bits per heavy atom. The largest absolute Gasteiger partial charge is 0.591 e. The minimum Gasteiger partial charge on any atom is -0.591 e. The van der Waals surface area contributed by atoms with Crippen LogP contribution in [-0.4, -0.2) is 28.9 Å². The van der Waals surface area contributed by atoms with Crippen LogP contribution in [0, 0.1) is 0 Å². The van der Waals surface area contributed by atoms with Gasteiger partial charge in [-0.1, -0.05) is 25.2 Å². The van der Waals surface area contributed by atoms with Gasteiger partial charge in [-0.2, -0.15) is 0 Å². The maximum absolute atomic E-state index is 12.0. The minimum atomic E-state index is -1.75. The Bertz CT molecular complexity index is 386. The second-order valence-corrected chi connectivity index (χ2v) is 15.3. The van der Waals surface area contributed by atoms with Crippen LogP contribution in [0.25, 0.3) is 0 Å². The van der Waals surface area contributed by atoms with Gasteiger partial charge in [0.25, 0.3) is 0 Å². The van der Waals surface area contributed by atoms with E-state index in [1.54, 1.807) is 0 Å². The van der Waals surface area contributed by atoms with Crippen molar-refractivity contribution in [3.63, 3.8) is 0 Å². The Balaban J connectivity index is 2.65. The monoisotopic (exact) mass is 317 g/mol. The van der Waals surface area contributed by atoms with Gasteiger partial charge in [0.15, 0.2) is 8.32 Å². The lowest BCUT2D eigenvalue weighted by Gasteiger charge is -2.48. The summed E-state index contributed by atoms with van der Waals surface area (Å²) in [5.41, 5.74) is 0.934. The van der Waals surface area contributed by atoms with Gasteiger partial charge < -0.3 is 8.98 Å². The standard InChI is InChI=1S/C15H31NO2SSi/c1-13(2,3)19(17)16-12-10-15(7,11-12)18-20(8,9)14(4,5)6/h10-11H2,1-9H3/t15?,19-/m0/s1. The summed E-state index contributed by atoms with van der Waals surface area (Å²) in [4.78, 5) is 0. The van der Waals surface area contributed by atoms with Gasteiger partial charge in [0.1, 0.15) is 16.1 Å². The SMILES string of the molecule is CC1(O[Si](C)(C)C(C)(C)C)CC(=N[S@@+]([O-])C(C)(C)C)C1. The van der Waals surface area contributed by atoms with E-state index < -0.39 is 19.7 Å². The number of hydrogen-bond acceptors (Lipinski definition) is 3. The van der Waals surface area contributed by atoms with E-state index in [2.05, 4.69) is 45.2 Å². The predicted octanol–water partition coefficient (Wildman–Crippen LogP) is 4.46. The molecule has 118 valence electrons. The summed E-state index contributed by atoms with van der Waals surface area (Å²) in [7, 11) is -1.75. The third-order valence-corrected chi connectivity index (χ3v) is 10.3. The topological polar surface area (TPSA) is 44.6 Å². The summed E-state index contributed by atoms with van der Waals surface area (Å²) in [6, 6.07) is 0. The summed E-state index contributed by atoms with van der Waals surface area (Å²) in [5.74, 6) is 0. The molecule has 1 rings (SSSR count). The molecule has 20 heavy (non-hydrogen) atoms. The summed E-state index contributed by atoms with van der Waals surface area (Å²) >= 11 is -1.15. The number of rotatable bonds is 3. The van der Waals surface area contributed by atoms with Gasteiger partial charge in [0.05, 0.1) is 11.3 Å². The smallest absolute Gasteiger partial charge is 0.192 e. The third-order valence-electron chi connectivity index (χ3n) is 4.20. The number of nitrogens with zero attached hydrogens (tertiary/aromatic N) is 1. The van der Waals surface area contributed by atoms with Crippen molar-refractivity contribution >= 4 is 25.4 Å². The zero-order chi connectivity index (χ0) is 16.0. The molecule has 1 saturated carbocycles. The van der Waals surface area contributed by atoms with Crippen molar-refractivity contribution in [2.24, 2.45) is 4.40 Å². The molecule has 5 heteroatoms. The van der Waals surface area contributed by atoms with Gasteiger partial charge in [-0.15, -0.1) is 0 Å². The van der Waals surface area contributed by atoms with Crippen LogP contribution in [0.2, 0.25) is 18.1 Å². The van der Waals surface area contributed by atoms with E-state index >= 15 is 0 Å². The molecule has 0 aromatic heterocycles. The molecule has 0 unspecified atom stereocenters. The first-order valence-corrected chi connectivity index (χ1v) is 11.4. The van der Waals surface area contributed by atoms with Gasteiger partial charge in [0.2, 0.25) is 0 Å². The molecule has 0 aromatic carbocycles. The molecule has 3 nitrogen and oxygen atoms in total. The normalized spacial score (nSPS) is 26.2. The molecule has 1 aliphatic rings. The van der Waals surface area contributed by atoms with Crippen molar-refractivity contribution in [1.29, 1.82) is 0 Å². The Morgan fingerprint density at radius 2 is 1.60 bits per heavy atom. The van der Waals surface area contributed by atoms with Gasteiger partial charge in [-0.3, -0.25) is 0 Å². The highest BCUT2D eigenvalue weighted by atomic mass is 32.2. The highest BCUT2D eigenvalue weighted by Gasteiger charge is 2.48. The molecule has 1 fully saturated rings. The van der Waals surface area contributed by atoms with Crippen LogP contribution in [0.4, 0.5) is 0 Å². The fourth-order valence-corrected chi connectivity index (χ4v) is 4.29. The quantitative estimate of drug-likeness (QED) is 0.569. The lowest BCUT2D eigenvalue weighted by molar-refractivity contribution is 0.0622. The van der Waals surface area contributed by atoms with Crippen LogP contribution in [-0.2, 0) is 15.8 Å². The first-order valence-electron chi connectivity index (χ1n) is 7.35. The molecule has 0 aromatic rings. The van der Waals surface area contributed by atoms with Crippen molar-refractivity contribution in [2.45, 2.75) is 89.8 Å². The van der Waals surface area contributed by atoms with Gasteiger partial charge in [-0.25, -0.2) is 0 Å². The second-order valence-electron chi connectivity index (χ2n) is 8.68. The van der Waals surface area contributed by atoms with Crippen LogP contribution in [0.1, 0.15) is 61.3 Å². The molecule has 1 atom stereocenters. The van der Waals surface area contributed by atoms with Gasteiger partial charge >= 0.3 is 0 Å². The highest BCUT2D eigenvalue weighted by Crippen LogP contribution is 2.44. The zero-order valence-corrected chi connectivity index (χ0v) is 16.4. The van der Waals surface area contributed by atoms with Crippen molar-refractivity contribution in [2.75, 3.05) is 0 Å². The Kier molecular flexibility index (Phi) is 4.93. The molecule has 0 N–H and O–H groups in total. The van der Waals surface area contributed by atoms with Gasteiger partial charge in [0, 0.05) is 12.8 Å². The third kappa shape index (κ3) is 4.32. The predicted molar refractivity (Wildman–Crippen MR) is 91.3 cm³/mol. The molecule has 0 radical (unpaired) electrons. The molecule has 0 heterocycles. The van der Waals surface area contributed by atoms with Crippen molar-refractivity contribution in [1.82, 2.24) is 0 Å². The van der Waals surface area contributed by atoms with E-state index in [-0.39, 0.29) is 15.4 Å². The van der Waals surface area contributed by atoms with Crippen LogP contribution in [0.5, 0.6) is 0 Å². The van der Waals surface area contributed by atoms with E-state index in [1.165, 1.54) is 0 Å². The Labute approximate surface area is 129 Å². The van der Waals surface area contributed by atoms with Crippen LogP contribution < -0.4 is 0 Å². The van der Waals surface area contributed by atoms with E-state index in [0.717, 1.165) is 18.6 Å². The Hall–Kier alpha value is 0.157. The average molecular weight is 318 g/mol. The van der Waals surface area contributed by atoms with Crippen molar-refractivity contribution in [3.05, 3.63) is 0 Å². The lowest BCUT2D eigenvalue weighted by Crippen LogP contribution is -2.54. The minimum absolute atomic E-state index is 0.107. The van der Waals surface area contributed by atoms with Crippen molar-refractivity contribution < 1.29 is 8.98 Å². The van der Waals surface area contributed by atoms with E-state index in [1.807, 2.05) is 20.8 Å². The maximum atomic E-state index is 12.0. The highest BCUT2D eigenvalue weighted by molar-refractivity contribution is 7.91. The zero-order valence-electron chi connectivity index (χ0n) is 14.6. The lowest BCUT2D eigenvalue weighted by atomic mass is 9.80. The molecular formula is C15H31NO2SSi. The summed E-state index contributed by atoms with van der Waals surface area (Å²) < 4.78 is 22.6. The summed E-state index contributed by atoms with van der Waals surface area (Å²) in [6.45, 7) is 19.3. The first-order chi connectivity index (χ1) is 8.66. The number of hydrogen-bond donors (Lipinski definition) is 0. The van der Waals surface area contributed by atoms with E-state index in [0.29, 0.717) is 0 Å². The fourth-order valence-electron chi connectivity index (χ4n) is 1.97. The van der Waals surface area contributed by atoms with E-state index in [4.69, 9.17) is 4.43 Å². The molecule has 0 saturated heterocycles. The second kappa shape index (κ2) is 5.41. The molecule has 0 amide bonds. The summed E-state index contributed by atoms with van der Waals surface area (Å²) in [6.07, 6.45) is 1.64. The molecular weight excluding hydrogens is 286 g/mol. The maximum Gasteiger partial charge on any atom is 0.192 e. The van der Waals surface area contributed by atoms with Crippen LogP contribution >= 0.6 is 0 Å². The molecule has 0 spiro atoms. The molecule has 0 bridgehead atoms. The Morgan fingerprint density at radius 3 is 1.95 bits per heavy atom. The molecule has 1 aliphatic carbocycles. The molecule has 0 aliphatic heterocycles. The van der Waals surface area contributed by atoms with Gasteiger partial charge in [-0.05, 0) is 45.8 Å². The van der Waals surface area contributed by atoms with Crippen LogP contribution in [0.3, 0.4) is 0 Å².